The van der Waals surface area contributed by atoms with Gasteiger partial charge in [-0.15, -0.1) is 0 Å². The van der Waals surface area contributed by atoms with Crippen molar-refractivity contribution < 1.29 is 9.53 Å². The third-order valence-corrected chi connectivity index (χ3v) is 3.37. The largest absolute Gasteiger partial charge is 0.444 e. The van der Waals surface area contributed by atoms with Crippen LogP contribution in [0.25, 0.3) is 0 Å². The standard InChI is InChI=1S/C16H25N3O2/c1-12-6-5-9-19(11-12)14-8-7-13(10-17-14)18-15(20)21-16(2,3)4/h7-8,10,12H,5-6,9,11H2,1-4H3,(H,18,20). The summed E-state index contributed by atoms with van der Waals surface area (Å²) in [5.41, 5.74) is 0.152. The summed E-state index contributed by atoms with van der Waals surface area (Å²) in [5, 5.41) is 2.70. The normalized spacial score (nSPS) is 19.2. The number of pyridine rings is 1. The van der Waals surface area contributed by atoms with Gasteiger partial charge in [0.15, 0.2) is 0 Å². The van der Waals surface area contributed by atoms with Crippen molar-refractivity contribution in [3.63, 3.8) is 0 Å². The summed E-state index contributed by atoms with van der Waals surface area (Å²) in [7, 11) is 0. The fourth-order valence-electron chi connectivity index (χ4n) is 2.47. The molecule has 1 amide bonds. The van der Waals surface area contributed by atoms with Crippen molar-refractivity contribution >= 4 is 17.6 Å². The summed E-state index contributed by atoms with van der Waals surface area (Å²) in [5.74, 6) is 1.68. The fraction of sp³-hybridized carbons (Fsp3) is 0.625. The van der Waals surface area contributed by atoms with E-state index in [1.54, 1.807) is 6.20 Å². The number of carbonyl (C=O) groups excluding carboxylic acids is 1. The van der Waals surface area contributed by atoms with E-state index in [4.69, 9.17) is 4.74 Å². The predicted molar refractivity (Wildman–Crippen MR) is 84.7 cm³/mol. The van der Waals surface area contributed by atoms with Crippen LogP contribution in [-0.2, 0) is 4.74 Å². The molecule has 2 rings (SSSR count). The summed E-state index contributed by atoms with van der Waals surface area (Å²) < 4.78 is 5.21. The van der Waals surface area contributed by atoms with Gasteiger partial charge >= 0.3 is 6.09 Å². The van der Waals surface area contributed by atoms with E-state index in [2.05, 4.69) is 22.1 Å². The first kappa shape index (κ1) is 15.6. The highest BCUT2D eigenvalue weighted by atomic mass is 16.6. The molecule has 1 saturated heterocycles. The van der Waals surface area contributed by atoms with Gasteiger partial charge in [-0.25, -0.2) is 9.78 Å². The van der Waals surface area contributed by atoms with Crippen molar-refractivity contribution in [1.29, 1.82) is 0 Å². The van der Waals surface area contributed by atoms with Gasteiger partial charge in [-0.05, 0) is 51.7 Å². The summed E-state index contributed by atoms with van der Waals surface area (Å²) in [6.45, 7) is 9.88. The Labute approximate surface area is 126 Å². The summed E-state index contributed by atoms with van der Waals surface area (Å²) in [6, 6.07) is 3.82. The Balaban J connectivity index is 1.94. The second-order valence-corrected chi connectivity index (χ2v) is 6.73. The molecule has 0 bridgehead atoms. The maximum atomic E-state index is 11.7. The molecule has 0 spiro atoms. The van der Waals surface area contributed by atoms with E-state index < -0.39 is 11.7 Å². The second kappa shape index (κ2) is 6.33. The molecule has 5 nitrogen and oxygen atoms in total. The Morgan fingerprint density at radius 3 is 2.76 bits per heavy atom. The zero-order valence-electron chi connectivity index (χ0n) is 13.3. The van der Waals surface area contributed by atoms with E-state index >= 15 is 0 Å². The minimum absolute atomic E-state index is 0.455. The molecule has 0 aliphatic carbocycles. The first-order valence-electron chi connectivity index (χ1n) is 7.54. The van der Waals surface area contributed by atoms with Crippen LogP contribution in [0.1, 0.15) is 40.5 Å². The van der Waals surface area contributed by atoms with Crippen molar-refractivity contribution in [3.8, 4) is 0 Å². The van der Waals surface area contributed by atoms with Crippen LogP contribution in [0.15, 0.2) is 18.3 Å². The molecule has 1 aliphatic heterocycles. The molecule has 1 unspecified atom stereocenters. The van der Waals surface area contributed by atoms with Crippen LogP contribution in [0.5, 0.6) is 0 Å². The van der Waals surface area contributed by atoms with Gasteiger partial charge in [0.25, 0.3) is 0 Å². The Morgan fingerprint density at radius 2 is 2.19 bits per heavy atom. The van der Waals surface area contributed by atoms with E-state index in [1.807, 2.05) is 32.9 Å². The smallest absolute Gasteiger partial charge is 0.412 e. The van der Waals surface area contributed by atoms with Crippen LogP contribution in [0.3, 0.4) is 0 Å². The lowest BCUT2D eigenvalue weighted by Gasteiger charge is -2.31. The molecule has 0 saturated carbocycles. The van der Waals surface area contributed by atoms with Crippen LogP contribution in [0, 0.1) is 5.92 Å². The van der Waals surface area contributed by atoms with Crippen LogP contribution in [-0.4, -0.2) is 29.8 Å². The first-order chi connectivity index (χ1) is 9.83. The monoisotopic (exact) mass is 291 g/mol. The molecular formula is C16H25N3O2. The van der Waals surface area contributed by atoms with Crippen LogP contribution in [0.2, 0.25) is 0 Å². The van der Waals surface area contributed by atoms with Crippen molar-refractivity contribution in [2.24, 2.45) is 5.92 Å². The Hall–Kier alpha value is -1.78. The second-order valence-electron chi connectivity index (χ2n) is 6.73. The van der Waals surface area contributed by atoms with E-state index in [0.29, 0.717) is 11.6 Å². The SMILES string of the molecule is CC1CCCN(c2ccc(NC(=O)OC(C)(C)C)cn2)C1. The molecule has 1 aliphatic rings. The highest BCUT2D eigenvalue weighted by Gasteiger charge is 2.18. The average Bonchev–Trinajstić information content (AvgIpc) is 2.37. The van der Waals surface area contributed by atoms with Gasteiger partial charge in [0.05, 0.1) is 11.9 Å². The number of nitrogens with zero attached hydrogens (tertiary/aromatic N) is 2. The van der Waals surface area contributed by atoms with Crippen molar-refractivity contribution in [3.05, 3.63) is 18.3 Å². The van der Waals surface area contributed by atoms with Gasteiger partial charge in [-0.3, -0.25) is 5.32 Å². The van der Waals surface area contributed by atoms with Gasteiger partial charge < -0.3 is 9.64 Å². The van der Waals surface area contributed by atoms with Crippen LogP contribution in [0.4, 0.5) is 16.3 Å². The minimum Gasteiger partial charge on any atom is -0.444 e. The van der Waals surface area contributed by atoms with Gasteiger partial charge in [-0.2, -0.15) is 0 Å². The number of rotatable bonds is 2. The van der Waals surface area contributed by atoms with E-state index in [0.717, 1.165) is 18.9 Å². The maximum Gasteiger partial charge on any atom is 0.412 e. The third-order valence-electron chi connectivity index (χ3n) is 3.37. The number of amides is 1. The molecule has 2 heterocycles. The molecule has 1 atom stereocenters. The van der Waals surface area contributed by atoms with Crippen molar-refractivity contribution in [2.75, 3.05) is 23.3 Å². The topological polar surface area (TPSA) is 54.5 Å². The number of carbonyl (C=O) groups is 1. The molecule has 21 heavy (non-hydrogen) atoms. The number of nitrogens with one attached hydrogen (secondary N) is 1. The molecule has 1 aromatic rings. The molecule has 0 radical (unpaired) electrons. The highest BCUT2D eigenvalue weighted by Crippen LogP contribution is 2.22. The molecular weight excluding hydrogens is 266 g/mol. The van der Waals surface area contributed by atoms with Crippen molar-refractivity contribution in [1.82, 2.24) is 4.98 Å². The maximum absolute atomic E-state index is 11.7. The minimum atomic E-state index is -0.499. The Kier molecular flexibility index (Phi) is 4.70. The summed E-state index contributed by atoms with van der Waals surface area (Å²) >= 11 is 0. The van der Waals surface area contributed by atoms with Crippen molar-refractivity contribution in [2.45, 2.75) is 46.1 Å². The summed E-state index contributed by atoms with van der Waals surface area (Å²) in [4.78, 5) is 18.4. The van der Waals surface area contributed by atoms with E-state index in [9.17, 15) is 4.79 Å². The Bertz CT molecular complexity index is 479. The lowest BCUT2D eigenvalue weighted by molar-refractivity contribution is 0.0636. The zero-order chi connectivity index (χ0) is 15.5. The Morgan fingerprint density at radius 1 is 1.43 bits per heavy atom. The molecule has 5 heteroatoms. The number of piperidine rings is 1. The number of hydrogen-bond acceptors (Lipinski definition) is 4. The van der Waals surface area contributed by atoms with Gasteiger partial charge in [0, 0.05) is 13.1 Å². The fourth-order valence-corrected chi connectivity index (χ4v) is 2.47. The zero-order valence-corrected chi connectivity index (χ0v) is 13.3. The molecule has 1 fully saturated rings. The molecule has 1 N–H and O–H groups in total. The van der Waals surface area contributed by atoms with Gasteiger partial charge in [0.1, 0.15) is 11.4 Å². The number of anilines is 2. The van der Waals surface area contributed by atoms with E-state index in [-0.39, 0.29) is 0 Å². The molecule has 116 valence electrons. The van der Waals surface area contributed by atoms with Crippen LogP contribution < -0.4 is 10.2 Å². The van der Waals surface area contributed by atoms with E-state index in [1.165, 1.54) is 12.8 Å². The number of aromatic nitrogens is 1. The number of hydrogen-bond donors (Lipinski definition) is 1. The van der Waals surface area contributed by atoms with Gasteiger partial charge in [-0.1, -0.05) is 6.92 Å². The predicted octanol–water partition coefficient (Wildman–Crippen LogP) is 3.66. The quantitative estimate of drug-likeness (QED) is 0.903. The first-order valence-corrected chi connectivity index (χ1v) is 7.54. The average molecular weight is 291 g/mol. The third kappa shape index (κ3) is 4.92. The summed E-state index contributed by atoms with van der Waals surface area (Å²) in [6.07, 6.45) is 3.72. The highest BCUT2D eigenvalue weighted by molar-refractivity contribution is 5.84. The molecule has 0 aromatic carbocycles. The lowest BCUT2D eigenvalue weighted by Crippen LogP contribution is -2.34. The van der Waals surface area contributed by atoms with Gasteiger partial charge in [0.2, 0.25) is 0 Å². The number of ether oxygens (including phenoxy) is 1. The lowest BCUT2D eigenvalue weighted by atomic mass is 10.0. The molecule has 1 aromatic heterocycles. The van der Waals surface area contributed by atoms with Crippen LogP contribution >= 0.6 is 0 Å².